The zero-order valence-corrected chi connectivity index (χ0v) is 13.8. The minimum absolute atomic E-state index is 0.591. The Balaban J connectivity index is 2.37. The van der Waals surface area contributed by atoms with Gasteiger partial charge in [-0.1, -0.05) is 13.8 Å². The van der Waals surface area contributed by atoms with Crippen LogP contribution in [-0.4, -0.2) is 33.4 Å². The normalized spacial score (nSPS) is 12.0. The maximum atomic E-state index is 5.80. The van der Waals surface area contributed by atoms with Crippen molar-refractivity contribution in [2.24, 2.45) is 0 Å². The van der Waals surface area contributed by atoms with E-state index in [0.29, 0.717) is 12.6 Å². The van der Waals surface area contributed by atoms with E-state index in [9.17, 15) is 0 Å². The molecule has 0 heterocycles. The van der Waals surface area contributed by atoms with Crippen LogP contribution >= 0.6 is 0 Å². The summed E-state index contributed by atoms with van der Waals surface area (Å²) in [6.45, 7) is 6.22. The molecule has 0 fully saturated rings. The van der Waals surface area contributed by atoms with Gasteiger partial charge in [0.1, 0.15) is 17.2 Å². The summed E-state index contributed by atoms with van der Waals surface area (Å²) in [7, 11) is 3.29. The fourth-order valence-corrected chi connectivity index (χ4v) is 2.18. The van der Waals surface area contributed by atoms with Crippen LogP contribution in [0.25, 0.3) is 0 Å². The number of benzene rings is 1. The van der Waals surface area contributed by atoms with Gasteiger partial charge in [-0.15, -0.1) is 0 Å². The minimum atomic E-state index is 0.591. The molecule has 1 aromatic carbocycles. The third-order valence-electron chi connectivity index (χ3n) is 3.47. The Bertz CT molecular complexity index is 373. The number of hydrogen-bond acceptors (Lipinski definition) is 4. The number of methoxy groups -OCH3 is 2. The summed E-state index contributed by atoms with van der Waals surface area (Å²) in [6, 6.07) is 6.20. The molecule has 21 heavy (non-hydrogen) atoms. The number of rotatable bonds is 11. The van der Waals surface area contributed by atoms with Gasteiger partial charge >= 0.3 is 0 Å². The first-order valence-corrected chi connectivity index (χ1v) is 7.82. The van der Waals surface area contributed by atoms with Crippen LogP contribution in [-0.2, 0) is 0 Å². The molecule has 0 aliphatic heterocycles. The topological polar surface area (TPSA) is 39.7 Å². The Morgan fingerprint density at radius 2 is 1.62 bits per heavy atom. The molecule has 1 atom stereocenters. The van der Waals surface area contributed by atoms with Crippen molar-refractivity contribution in [1.82, 2.24) is 5.32 Å². The Morgan fingerprint density at radius 3 is 2.14 bits per heavy atom. The van der Waals surface area contributed by atoms with E-state index < -0.39 is 0 Å². The molecular formula is C17H29NO3. The van der Waals surface area contributed by atoms with Crippen LogP contribution in [0.2, 0.25) is 0 Å². The summed E-state index contributed by atoms with van der Waals surface area (Å²) < 4.78 is 16.3. The lowest BCUT2D eigenvalue weighted by Crippen LogP contribution is -2.29. The summed E-state index contributed by atoms with van der Waals surface area (Å²) in [5.41, 5.74) is 0. The van der Waals surface area contributed by atoms with Crippen molar-refractivity contribution in [2.75, 3.05) is 27.4 Å². The fourth-order valence-electron chi connectivity index (χ4n) is 2.18. The van der Waals surface area contributed by atoms with Crippen molar-refractivity contribution >= 4 is 0 Å². The van der Waals surface area contributed by atoms with Gasteiger partial charge in [-0.05, 0) is 32.2 Å². The van der Waals surface area contributed by atoms with Crippen LogP contribution < -0.4 is 19.5 Å². The van der Waals surface area contributed by atoms with Gasteiger partial charge in [0, 0.05) is 24.2 Å². The Hall–Kier alpha value is -1.42. The van der Waals surface area contributed by atoms with Crippen LogP contribution in [0.1, 0.15) is 39.5 Å². The predicted molar refractivity (Wildman–Crippen MR) is 86.6 cm³/mol. The highest BCUT2D eigenvalue weighted by atomic mass is 16.5. The van der Waals surface area contributed by atoms with Crippen molar-refractivity contribution in [3.8, 4) is 17.2 Å². The van der Waals surface area contributed by atoms with Gasteiger partial charge < -0.3 is 19.5 Å². The van der Waals surface area contributed by atoms with Crippen molar-refractivity contribution in [3.05, 3.63) is 18.2 Å². The number of nitrogens with one attached hydrogen (secondary N) is 1. The van der Waals surface area contributed by atoms with Gasteiger partial charge in [0.25, 0.3) is 0 Å². The molecule has 0 spiro atoms. The second-order valence-corrected chi connectivity index (χ2v) is 5.10. The monoisotopic (exact) mass is 295 g/mol. The van der Waals surface area contributed by atoms with E-state index in [0.717, 1.165) is 43.1 Å². The van der Waals surface area contributed by atoms with Crippen LogP contribution in [0.5, 0.6) is 17.2 Å². The lowest BCUT2D eigenvalue weighted by atomic mass is 10.1. The Kier molecular flexibility index (Phi) is 8.67. The molecule has 0 aliphatic rings. The summed E-state index contributed by atoms with van der Waals surface area (Å²) in [6.07, 6.45) is 4.51. The lowest BCUT2D eigenvalue weighted by molar-refractivity contribution is 0.290. The fraction of sp³-hybridized carbons (Fsp3) is 0.647. The molecule has 0 radical (unpaired) electrons. The van der Waals surface area contributed by atoms with Crippen LogP contribution in [0.4, 0.5) is 0 Å². The number of hydrogen-bond donors (Lipinski definition) is 1. The zero-order valence-electron chi connectivity index (χ0n) is 13.8. The second-order valence-electron chi connectivity index (χ2n) is 5.10. The molecule has 1 N–H and O–H groups in total. The Labute approximate surface area is 128 Å². The van der Waals surface area contributed by atoms with Gasteiger partial charge in [0.2, 0.25) is 0 Å². The maximum absolute atomic E-state index is 5.80. The van der Waals surface area contributed by atoms with Gasteiger partial charge in [-0.3, -0.25) is 0 Å². The van der Waals surface area contributed by atoms with Crippen LogP contribution in [0.15, 0.2) is 18.2 Å². The minimum Gasteiger partial charge on any atom is -0.496 e. The molecule has 1 aromatic rings. The molecule has 0 saturated heterocycles. The summed E-state index contributed by atoms with van der Waals surface area (Å²) in [5, 5.41) is 3.56. The zero-order chi connectivity index (χ0) is 15.5. The summed E-state index contributed by atoms with van der Waals surface area (Å²) in [4.78, 5) is 0. The molecule has 4 heteroatoms. The van der Waals surface area contributed by atoms with Crippen LogP contribution in [0.3, 0.4) is 0 Å². The van der Waals surface area contributed by atoms with Crippen molar-refractivity contribution < 1.29 is 14.2 Å². The summed E-state index contributed by atoms with van der Waals surface area (Å²) in [5.74, 6) is 2.29. The van der Waals surface area contributed by atoms with E-state index in [1.54, 1.807) is 14.2 Å². The maximum Gasteiger partial charge on any atom is 0.126 e. The van der Waals surface area contributed by atoms with E-state index in [2.05, 4.69) is 19.2 Å². The summed E-state index contributed by atoms with van der Waals surface area (Å²) >= 11 is 0. The molecular weight excluding hydrogens is 266 g/mol. The third-order valence-corrected chi connectivity index (χ3v) is 3.47. The number of ether oxygens (including phenoxy) is 3. The molecule has 120 valence electrons. The SMILES string of the molecule is CCCNC(CC)CCCOc1cc(OC)cc(OC)c1. The molecule has 0 aromatic heterocycles. The molecule has 1 rings (SSSR count). The van der Waals surface area contributed by atoms with E-state index in [-0.39, 0.29) is 0 Å². The van der Waals surface area contributed by atoms with Gasteiger partial charge in [0.15, 0.2) is 0 Å². The van der Waals surface area contributed by atoms with Crippen molar-refractivity contribution in [1.29, 1.82) is 0 Å². The Morgan fingerprint density at radius 1 is 1.00 bits per heavy atom. The molecule has 0 saturated carbocycles. The van der Waals surface area contributed by atoms with Gasteiger partial charge in [0.05, 0.1) is 20.8 Å². The third kappa shape index (κ3) is 6.71. The van der Waals surface area contributed by atoms with E-state index >= 15 is 0 Å². The van der Waals surface area contributed by atoms with Gasteiger partial charge in [-0.2, -0.15) is 0 Å². The largest absolute Gasteiger partial charge is 0.496 e. The molecule has 0 aliphatic carbocycles. The standard InChI is InChI=1S/C17H29NO3/c1-5-9-18-14(6-2)8-7-10-21-17-12-15(19-3)11-16(13-17)20-4/h11-14,18H,5-10H2,1-4H3. The highest BCUT2D eigenvalue weighted by Gasteiger charge is 2.06. The average Bonchev–Trinajstić information content (AvgIpc) is 2.53. The van der Waals surface area contributed by atoms with Crippen LogP contribution in [0, 0.1) is 0 Å². The highest BCUT2D eigenvalue weighted by molar-refractivity contribution is 5.41. The van der Waals surface area contributed by atoms with E-state index in [4.69, 9.17) is 14.2 Å². The van der Waals surface area contributed by atoms with Crippen molar-refractivity contribution in [2.45, 2.75) is 45.6 Å². The lowest BCUT2D eigenvalue weighted by Gasteiger charge is -2.16. The van der Waals surface area contributed by atoms with E-state index in [1.807, 2.05) is 18.2 Å². The first kappa shape index (κ1) is 17.6. The molecule has 0 amide bonds. The van der Waals surface area contributed by atoms with Gasteiger partial charge in [-0.25, -0.2) is 0 Å². The molecule has 1 unspecified atom stereocenters. The average molecular weight is 295 g/mol. The predicted octanol–water partition coefficient (Wildman–Crippen LogP) is 3.64. The van der Waals surface area contributed by atoms with Crippen molar-refractivity contribution in [3.63, 3.8) is 0 Å². The highest BCUT2D eigenvalue weighted by Crippen LogP contribution is 2.27. The second kappa shape index (κ2) is 10.3. The molecule has 4 nitrogen and oxygen atoms in total. The quantitative estimate of drug-likeness (QED) is 0.633. The first-order valence-electron chi connectivity index (χ1n) is 7.82. The first-order chi connectivity index (χ1) is 10.2. The van der Waals surface area contributed by atoms with E-state index in [1.165, 1.54) is 6.42 Å². The smallest absolute Gasteiger partial charge is 0.126 e. The molecule has 0 bridgehead atoms.